The Kier molecular flexibility index (Phi) is 4.49. The monoisotopic (exact) mass is 358 g/mol. The zero-order valence-corrected chi connectivity index (χ0v) is 13.2. The number of carbonyl (C=O) groups is 1. The van der Waals surface area contributed by atoms with Crippen molar-refractivity contribution < 1.29 is 18.0 Å². The van der Waals surface area contributed by atoms with Gasteiger partial charge in [-0.15, -0.1) is 0 Å². The molecule has 0 radical (unpaired) electrons. The molecule has 1 aromatic heterocycles. The smallest absolute Gasteiger partial charge is 0.339 e. The molecule has 0 atom stereocenters. The predicted octanol–water partition coefficient (Wildman–Crippen LogP) is 3.50. The highest BCUT2D eigenvalue weighted by molar-refractivity contribution is 6.33. The second kappa shape index (κ2) is 6.43. The molecule has 0 unspecified atom stereocenters. The van der Waals surface area contributed by atoms with E-state index in [1.165, 1.54) is 11.2 Å². The van der Waals surface area contributed by atoms with Crippen LogP contribution in [0.3, 0.4) is 0 Å². The van der Waals surface area contributed by atoms with Crippen molar-refractivity contribution in [1.29, 1.82) is 0 Å². The standard InChI is InChI=1S/C15H14ClF3N4O/c16-12-2-1-10(15(17,18)19)7-11(12)14(24)23-5-3-9(4-6-23)13-20-8-21-22-13/h1-2,7-9H,3-6H2,(H,20,21,22). The van der Waals surface area contributed by atoms with Crippen LogP contribution in [0.2, 0.25) is 5.02 Å². The van der Waals surface area contributed by atoms with Crippen LogP contribution in [-0.4, -0.2) is 39.1 Å². The lowest BCUT2D eigenvalue weighted by molar-refractivity contribution is -0.137. The summed E-state index contributed by atoms with van der Waals surface area (Å²) in [6, 6.07) is 2.79. The van der Waals surface area contributed by atoms with Crippen LogP contribution in [0.4, 0.5) is 13.2 Å². The third-order valence-electron chi connectivity index (χ3n) is 4.13. The van der Waals surface area contributed by atoms with Crippen LogP contribution in [0.5, 0.6) is 0 Å². The third-order valence-corrected chi connectivity index (χ3v) is 4.46. The fraction of sp³-hybridized carbons (Fsp3) is 0.400. The summed E-state index contributed by atoms with van der Waals surface area (Å²) in [7, 11) is 0. The number of alkyl halides is 3. The third kappa shape index (κ3) is 3.38. The molecular weight excluding hydrogens is 345 g/mol. The van der Waals surface area contributed by atoms with Gasteiger partial charge in [0.25, 0.3) is 5.91 Å². The maximum absolute atomic E-state index is 12.8. The van der Waals surface area contributed by atoms with Gasteiger partial charge in [-0.25, -0.2) is 4.98 Å². The Morgan fingerprint density at radius 2 is 2.00 bits per heavy atom. The summed E-state index contributed by atoms with van der Waals surface area (Å²) in [5.74, 6) is 0.440. The van der Waals surface area contributed by atoms with Gasteiger partial charge in [0.05, 0.1) is 16.1 Å². The van der Waals surface area contributed by atoms with E-state index in [-0.39, 0.29) is 16.5 Å². The van der Waals surface area contributed by atoms with Crippen molar-refractivity contribution in [2.45, 2.75) is 24.9 Å². The van der Waals surface area contributed by atoms with Crippen molar-refractivity contribution in [2.75, 3.05) is 13.1 Å². The molecule has 1 saturated heterocycles. The Morgan fingerprint density at radius 3 is 2.58 bits per heavy atom. The quantitative estimate of drug-likeness (QED) is 0.893. The van der Waals surface area contributed by atoms with Gasteiger partial charge in [0.2, 0.25) is 0 Å². The molecule has 1 N–H and O–H groups in total. The molecule has 128 valence electrons. The van der Waals surface area contributed by atoms with Gasteiger partial charge >= 0.3 is 6.18 Å². The zero-order chi connectivity index (χ0) is 17.3. The van der Waals surface area contributed by atoms with Gasteiger partial charge in [-0.3, -0.25) is 9.89 Å². The number of likely N-dealkylation sites (tertiary alicyclic amines) is 1. The number of carbonyl (C=O) groups excluding carboxylic acids is 1. The molecule has 24 heavy (non-hydrogen) atoms. The number of rotatable bonds is 2. The highest BCUT2D eigenvalue weighted by Crippen LogP contribution is 2.33. The maximum atomic E-state index is 12.8. The van der Waals surface area contributed by atoms with E-state index in [1.807, 2.05) is 0 Å². The van der Waals surface area contributed by atoms with Gasteiger partial charge < -0.3 is 4.90 Å². The molecule has 2 heterocycles. The van der Waals surface area contributed by atoms with E-state index in [4.69, 9.17) is 11.6 Å². The van der Waals surface area contributed by atoms with E-state index in [0.717, 1.165) is 24.0 Å². The first-order valence-corrected chi connectivity index (χ1v) is 7.75. The second-order valence-corrected chi connectivity index (χ2v) is 6.04. The molecule has 0 aliphatic carbocycles. The number of nitrogens with zero attached hydrogens (tertiary/aromatic N) is 3. The number of halogens is 4. The number of nitrogens with one attached hydrogen (secondary N) is 1. The zero-order valence-electron chi connectivity index (χ0n) is 12.5. The van der Waals surface area contributed by atoms with Crippen LogP contribution < -0.4 is 0 Å². The van der Waals surface area contributed by atoms with Crippen molar-refractivity contribution in [1.82, 2.24) is 20.1 Å². The summed E-state index contributed by atoms with van der Waals surface area (Å²) in [5, 5.41) is 6.63. The Bertz CT molecular complexity index is 725. The van der Waals surface area contributed by atoms with Gasteiger partial charge in [0.15, 0.2) is 0 Å². The summed E-state index contributed by atoms with van der Waals surface area (Å²) in [4.78, 5) is 18.2. The lowest BCUT2D eigenvalue weighted by atomic mass is 9.95. The number of hydrogen-bond acceptors (Lipinski definition) is 3. The summed E-state index contributed by atoms with van der Waals surface area (Å²) < 4.78 is 38.5. The largest absolute Gasteiger partial charge is 0.416 e. The molecular formula is C15H14ClF3N4O. The van der Waals surface area contributed by atoms with Gasteiger partial charge in [0, 0.05) is 19.0 Å². The average Bonchev–Trinajstić information content (AvgIpc) is 3.08. The first-order valence-electron chi connectivity index (χ1n) is 7.37. The molecule has 0 spiro atoms. The molecule has 9 heteroatoms. The predicted molar refractivity (Wildman–Crippen MR) is 80.7 cm³/mol. The van der Waals surface area contributed by atoms with E-state index in [2.05, 4.69) is 15.2 Å². The molecule has 1 aromatic carbocycles. The SMILES string of the molecule is O=C(c1cc(C(F)(F)F)ccc1Cl)N1CCC(c2ncn[nH]2)CC1. The number of aromatic amines is 1. The summed E-state index contributed by atoms with van der Waals surface area (Å²) >= 11 is 5.93. The number of H-pyrrole nitrogens is 1. The lowest BCUT2D eigenvalue weighted by Crippen LogP contribution is -2.38. The topological polar surface area (TPSA) is 61.9 Å². The van der Waals surface area contributed by atoms with E-state index >= 15 is 0 Å². The van der Waals surface area contributed by atoms with Crippen LogP contribution in [0.1, 0.15) is 40.5 Å². The maximum Gasteiger partial charge on any atom is 0.416 e. The fourth-order valence-electron chi connectivity index (χ4n) is 2.80. The summed E-state index contributed by atoms with van der Waals surface area (Å²) in [5.41, 5.74) is -1.00. The van der Waals surface area contributed by atoms with E-state index < -0.39 is 17.6 Å². The van der Waals surface area contributed by atoms with Crippen molar-refractivity contribution in [3.63, 3.8) is 0 Å². The number of piperidine rings is 1. The van der Waals surface area contributed by atoms with Gasteiger partial charge in [-0.2, -0.15) is 18.3 Å². The van der Waals surface area contributed by atoms with Crippen molar-refractivity contribution in [2.24, 2.45) is 0 Å². The second-order valence-electron chi connectivity index (χ2n) is 5.63. The first-order chi connectivity index (χ1) is 11.4. The number of hydrogen-bond donors (Lipinski definition) is 1. The number of amides is 1. The average molecular weight is 359 g/mol. The van der Waals surface area contributed by atoms with E-state index in [9.17, 15) is 18.0 Å². The lowest BCUT2D eigenvalue weighted by Gasteiger charge is -2.31. The van der Waals surface area contributed by atoms with E-state index in [1.54, 1.807) is 0 Å². The van der Waals surface area contributed by atoms with Gasteiger partial charge in [0.1, 0.15) is 12.2 Å². The molecule has 1 aliphatic heterocycles. The summed E-state index contributed by atoms with van der Waals surface area (Å²) in [6.07, 6.45) is -1.76. The molecule has 5 nitrogen and oxygen atoms in total. The molecule has 0 bridgehead atoms. The Morgan fingerprint density at radius 1 is 1.29 bits per heavy atom. The molecule has 0 saturated carbocycles. The number of benzene rings is 1. The minimum Gasteiger partial charge on any atom is -0.339 e. The summed E-state index contributed by atoms with van der Waals surface area (Å²) in [6.45, 7) is 0.855. The molecule has 1 aliphatic rings. The molecule has 1 fully saturated rings. The van der Waals surface area contributed by atoms with Gasteiger partial charge in [-0.05, 0) is 31.0 Å². The van der Waals surface area contributed by atoms with Crippen molar-refractivity contribution >= 4 is 17.5 Å². The van der Waals surface area contributed by atoms with Crippen LogP contribution >= 0.6 is 11.6 Å². The highest BCUT2D eigenvalue weighted by Gasteiger charge is 2.33. The Hall–Kier alpha value is -2.09. The molecule has 3 rings (SSSR count). The van der Waals surface area contributed by atoms with E-state index in [0.29, 0.717) is 25.9 Å². The van der Waals surface area contributed by atoms with Crippen LogP contribution in [0.25, 0.3) is 0 Å². The first kappa shape index (κ1) is 16.8. The normalized spacial score (nSPS) is 16.4. The Labute approximate surface area is 140 Å². The van der Waals surface area contributed by atoms with Crippen LogP contribution in [0, 0.1) is 0 Å². The number of aromatic nitrogens is 3. The van der Waals surface area contributed by atoms with Crippen LogP contribution in [0.15, 0.2) is 24.5 Å². The fourth-order valence-corrected chi connectivity index (χ4v) is 3.00. The highest BCUT2D eigenvalue weighted by atomic mass is 35.5. The molecule has 2 aromatic rings. The van der Waals surface area contributed by atoms with Crippen molar-refractivity contribution in [3.8, 4) is 0 Å². The minimum atomic E-state index is -4.51. The van der Waals surface area contributed by atoms with Gasteiger partial charge in [-0.1, -0.05) is 11.6 Å². The molecule has 1 amide bonds. The Balaban J connectivity index is 1.74. The van der Waals surface area contributed by atoms with Crippen molar-refractivity contribution in [3.05, 3.63) is 46.5 Å². The minimum absolute atomic E-state index is 0.0189. The van der Waals surface area contributed by atoms with Crippen LogP contribution in [-0.2, 0) is 6.18 Å².